The molecule has 0 aromatic heterocycles. The maximum Gasteiger partial charge on any atom is 0.414 e. The molecule has 9 nitrogen and oxygen atoms in total. The number of likely N-dealkylation sites (N-methyl/N-ethyl adjacent to an activating group) is 1. The lowest BCUT2D eigenvalue weighted by Crippen LogP contribution is -2.52. The molecule has 2 aliphatic carbocycles. The van der Waals surface area contributed by atoms with E-state index in [2.05, 4.69) is 11.9 Å². The minimum atomic E-state index is -2.97. The number of nitrogens with zero attached hydrogens (tertiary/aromatic N) is 2. The molecule has 1 amide bonds. The highest BCUT2D eigenvalue weighted by atomic mass is 32.2. The highest BCUT2D eigenvalue weighted by Gasteiger charge is 2.39. The lowest BCUT2D eigenvalue weighted by Gasteiger charge is -2.40. The molecule has 178 valence electrons. The van der Waals surface area contributed by atoms with Gasteiger partial charge in [0.05, 0.1) is 18.1 Å². The summed E-state index contributed by atoms with van der Waals surface area (Å²) in [4.78, 5) is 35.6. The second-order valence-electron chi connectivity index (χ2n) is 8.97. The Kier molecular flexibility index (Phi) is 9.74. The van der Waals surface area contributed by atoms with Crippen molar-refractivity contribution in [1.82, 2.24) is 9.80 Å². The summed E-state index contributed by atoms with van der Waals surface area (Å²) in [6.45, 7) is 0.442. The van der Waals surface area contributed by atoms with Crippen molar-refractivity contribution >= 4 is 27.7 Å². The minimum Gasteiger partial charge on any atom is -0.473 e. The van der Waals surface area contributed by atoms with Crippen LogP contribution in [-0.4, -0.2) is 89.5 Å². The van der Waals surface area contributed by atoms with Crippen LogP contribution < -0.4 is 0 Å². The van der Waals surface area contributed by atoms with Gasteiger partial charge < -0.3 is 15.1 Å². The number of aliphatic carboxylic acids is 2. The van der Waals surface area contributed by atoms with Gasteiger partial charge in [-0.25, -0.2) is 18.0 Å². The standard InChI is InChI=1S/C19H34N2O3S.C2H2O4/c1-20(16-8-4-2-5-9-16)14-19(22)21(17-10-6-3-7-11-17)18-12-13-25(23,24)15-18;3-1(4)2(5)6/h16-18H,2-15H2,1H3;(H,3,4)(H,5,6). The fourth-order valence-electron chi connectivity index (χ4n) is 5.01. The van der Waals surface area contributed by atoms with Gasteiger partial charge in [0, 0.05) is 18.1 Å². The second kappa shape index (κ2) is 11.8. The quantitative estimate of drug-likeness (QED) is 0.593. The van der Waals surface area contributed by atoms with Gasteiger partial charge in [0.2, 0.25) is 5.91 Å². The Balaban J connectivity index is 0.000000501. The zero-order valence-electron chi connectivity index (χ0n) is 18.4. The minimum absolute atomic E-state index is 0.0969. The Morgan fingerprint density at radius 1 is 0.774 bits per heavy atom. The van der Waals surface area contributed by atoms with Gasteiger partial charge in [0.1, 0.15) is 0 Å². The number of carbonyl (C=O) groups excluding carboxylic acids is 1. The summed E-state index contributed by atoms with van der Waals surface area (Å²) < 4.78 is 23.9. The molecule has 0 radical (unpaired) electrons. The zero-order valence-corrected chi connectivity index (χ0v) is 19.2. The largest absolute Gasteiger partial charge is 0.473 e. The Morgan fingerprint density at radius 3 is 1.68 bits per heavy atom. The van der Waals surface area contributed by atoms with Gasteiger partial charge in [-0.2, -0.15) is 0 Å². The SMILES string of the molecule is CN(CC(=O)N(C1CCCCC1)C1CCS(=O)(=O)C1)C1CCCCC1.O=C(O)C(=O)O. The molecule has 1 atom stereocenters. The molecule has 3 rings (SSSR count). The van der Waals surface area contributed by atoms with Crippen LogP contribution in [0.3, 0.4) is 0 Å². The van der Waals surface area contributed by atoms with E-state index in [0.717, 1.165) is 25.7 Å². The fraction of sp³-hybridized carbons (Fsp3) is 0.857. The number of carboxylic acids is 2. The van der Waals surface area contributed by atoms with E-state index < -0.39 is 21.8 Å². The van der Waals surface area contributed by atoms with Gasteiger partial charge in [-0.05, 0) is 39.2 Å². The topological polar surface area (TPSA) is 132 Å². The van der Waals surface area contributed by atoms with E-state index in [1.807, 2.05) is 4.90 Å². The summed E-state index contributed by atoms with van der Waals surface area (Å²) in [5, 5.41) is 14.8. The third kappa shape index (κ3) is 8.07. The molecule has 10 heteroatoms. The van der Waals surface area contributed by atoms with Gasteiger partial charge >= 0.3 is 11.9 Å². The number of amides is 1. The molecule has 1 aliphatic heterocycles. The van der Waals surface area contributed by atoms with Gasteiger partial charge in [0.25, 0.3) is 0 Å². The van der Waals surface area contributed by atoms with Crippen molar-refractivity contribution in [2.75, 3.05) is 25.1 Å². The summed E-state index contributed by atoms with van der Waals surface area (Å²) >= 11 is 0. The molecule has 2 saturated carbocycles. The van der Waals surface area contributed by atoms with E-state index in [1.165, 1.54) is 38.5 Å². The van der Waals surface area contributed by atoms with E-state index in [1.54, 1.807) is 0 Å². The van der Waals surface area contributed by atoms with Crippen molar-refractivity contribution < 1.29 is 33.0 Å². The Labute approximate surface area is 184 Å². The van der Waals surface area contributed by atoms with Gasteiger partial charge in [-0.15, -0.1) is 0 Å². The van der Waals surface area contributed by atoms with Crippen LogP contribution in [0.15, 0.2) is 0 Å². The summed E-state index contributed by atoms with van der Waals surface area (Å²) in [7, 11) is -0.901. The number of rotatable bonds is 5. The maximum absolute atomic E-state index is 13.2. The van der Waals surface area contributed by atoms with E-state index >= 15 is 0 Å². The van der Waals surface area contributed by atoms with E-state index in [4.69, 9.17) is 19.8 Å². The second-order valence-corrected chi connectivity index (χ2v) is 11.2. The average Bonchev–Trinajstić information content (AvgIpc) is 3.09. The molecule has 0 aromatic carbocycles. The van der Waals surface area contributed by atoms with Crippen molar-refractivity contribution in [1.29, 1.82) is 0 Å². The third-order valence-electron chi connectivity index (χ3n) is 6.62. The molecule has 1 heterocycles. The maximum atomic E-state index is 13.2. The smallest absolute Gasteiger partial charge is 0.414 e. The number of hydrogen-bond donors (Lipinski definition) is 2. The van der Waals surface area contributed by atoms with Crippen molar-refractivity contribution in [3.05, 3.63) is 0 Å². The van der Waals surface area contributed by atoms with Crippen molar-refractivity contribution in [2.24, 2.45) is 0 Å². The normalized spacial score (nSPS) is 24.3. The number of carbonyl (C=O) groups is 3. The number of carboxylic acid groups (broad SMARTS) is 2. The summed E-state index contributed by atoms with van der Waals surface area (Å²) in [6, 6.07) is 0.665. The molecule has 1 saturated heterocycles. The van der Waals surface area contributed by atoms with Gasteiger partial charge in [0.15, 0.2) is 9.84 Å². The van der Waals surface area contributed by atoms with Crippen molar-refractivity contribution in [3.63, 3.8) is 0 Å². The van der Waals surface area contributed by atoms with Crippen molar-refractivity contribution in [3.8, 4) is 0 Å². The van der Waals surface area contributed by atoms with Gasteiger partial charge in [-0.1, -0.05) is 38.5 Å². The zero-order chi connectivity index (χ0) is 23.0. The molecular weight excluding hydrogens is 424 g/mol. The summed E-state index contributed by atoms with van der Waals surface area (Å²) in [6.07, 6.45) is 12.5. The van der Waals surface area contributed by atoms with Crippen LogP contribution in [-0.2, 0) is 24.2 Å². The fourth-order valence-corrected chi connectivity index (χ4v) is 6.72. The molecule has 31 heavy (non-hydrogen) atoms. The Morgan fingerprint density at radius 2 is 1.26 bits per heavy atom. The van der Waals surface area contributed by atoms with Crippen LogP contribution in [0.4, 0.5) is 0 Å². The predicted molar refractivity (Wildman–Crippen MR) is 116 cm³/mol. The lowest BCUT2D eigenvalue weighted by atomic mass is 9.92. The monoisotopic (exact) mass is 460 g/mol. The number of sulfone groups is 1. The summed E-state index contributed by atoms with van der Waals surface area (Å²) in [5.41, 5.74) is 0. The molecule has 0 bridgehead atoms. The first-order valence-electron chi connectivity index (χ1n) is 11.3. The van der Waals surface area contributed by atoms with Crippen LogP contribution in [0.5, 0.6) is 0 Å². The molecule has 1 unspecified atom stereocenters. The highest BCUT2D eigenvalue weighted by molar-refractivity contribution is 7.91. The molecule has 0 aromatic rings. The van der Waals surface area contributed by atoms with Crippen LogP contribution in [0.25, 0.3) is 0 Å². The summed E-state index contributed by atoms with van der Waals surface area (Å²) in [5.74, 6) is -3.08. The van der Waals surface area contributed by atoms with Crippen LogP contribution >= 0.6 is 0 Å². The van der Waals surface area contributed by atoms with Gasteiger partial charge in [-0.3, -0.25) is 9.69 Å². The molecule has 2 N–H and O–H groups in total. The number of hydrogen-bond acceptors (Lipinski definition) is 6. The molecular formula is C21H36N2O7S. The first kappa shape index (κ1) is 25.6. The third-order valence-corrected chi connectivity index (χ3v) is 8.37. The Hall–Kier alpha value is -1.68. The lowest BCUT2D eigenvalue weighted by molar-refractivity contribution is -0.159. The van der Waals surface area contributed by atoms with Crippen molar-refractivity contribution in [2.45, 2.75) is 88.8 Å². The average molecular weight is 461 g/mol. The molecule has 0 spiro atoms. The van der Waals surface area contributed by atoms with E-state index in [0.29, 0.717) is 19.0 Å². The Bertz CT molecular complexity index is 716. The van der Waals surface area contributed by atoms with Crippen LogP contribution in [0, 0.1) is 0 Å². The molecule has 3 aliphatic rings. The predicted octanol–water partition coefficient (Wildman–Crippen LogP) is 1.75. The molecule has 3 fully saturated rings. The van der Waals surface area contributed by atoms with E-state index in [9.17, 15) is 13.2 Å². The van der Waals surface area contributed by atoms with Crippen LogP contribution in [0.2, 0.25) is 0 Å². The van der Waals surface area contributed by atoms with E-state index in [-0.39, 0.29) is 29.5 Å². The van der Waals surface area contributed by atoms with Crippen LogP contribution in [0.1, 0.15) is 70.6 Å². The highest BCUT2D eigenvalue weighted by Crippen LogP contribution is 2.29. The first-order chi connectivity index (χ1) is 14.6. The first-order valence-corrected chi connectivity index (χ1v) is 13.1.